The SMILES string of the molecule is C1=CC[C]([V][c]2cccc3c2Cc2ccccc2-3)=C1. The van der Waals surface area contributed by atoms with Crippen LogP contribution >= 0.6 is 0 Å². The van der Waals surface area contributed by atoms with E-state index in [1.807, 2.05) is 0 Å². The van der Waals surface area contributed by atoms with Gasteiger partial charge < -0.3 is 0 Å². The van der Waals surface area contributed by atoms with Crippen molar-refractivity contribution in [3.63, 3.8) is 0 Å². The number of rotatable bonds is 2. The molecule has 0 aliphatic heterocycles. The van der Waals surface area contributed by atoms with Crippen LogP contribution in [-0.4, -0.2) is 0 Å². The summed E-state index contributed by atoms with van der Waals surface area (Å²) in [6.07, 6.45) is 9.06. The first kappa shape index (κ1) is 11.3. The third-order valence-electron chi connectivity index (χ3n) is 3.84. The van der Waals surface area contributed by atoms with E-state index < -0.39 is 0 Å². The van der Waals surface area contributed by atoms with E-state index in [0.29, 0.717) is 0 Å². The molecule has 1 heteroatoms. The zero-order valence-corrected chi connectivity index (χ0v) is 12.0. The zero-order chi connectivity index (χ0) is 12.7. The van der Waals surface area contributed by atoms with Gasteiger partial charge in [0.15, 0.2) is 0 Å². The molecule has 2 aromatic rings. The minimum atomic E-state index is 0.174. The molecule has 0 radical (unpaired) electrons. The Labute approximate surface area is 120 Å². The van der Waals surface area contributed by atoms with E-state index in [4.69, 9.17) is 0 Å². The Hall–Kier alpha value is -1.50. The molecule has 0 saturated carbocycles. The van der Waals surface area contributed by atoms with Crippen LogP contribution in [0.25, 0.3) is 11.1 Å². The fraction of sp³-hybridized carbons (Fsp3) is 0.111. The molecule has 0 atom stereocenters. The Bertz CT molecular complexity index is 707. The number of fused-ring (bicyclic) bond motifs is 3. The second-order valence-corrected chi connectivity index (χ2v) is 7.04. The van der Waals surface area contributed by atoms with E-state index in [2.05, 4.69) is 60.7 Å². The molecule has 0 amide bonds. The molecule has 91 valence electrons. The van der Waals surface area contributed by atoms with Gasteiger partial charge >= 0.3 is 121 Å². The van der Waals surface area contributed by atoms with Crippen molar-refractivity contribution in [2.75, 3.05) is 0 Å². The summed E-state index contributed by atoms with van der Waals surface area (Å²) in [7, 11) is 0. The zero-order valence-electron chi connectivity index (χ0n) is 10.6. The van der Waals surface area contributed by atoms with Crippen molar-refractivity contribution in [2.45, 2.75) is 12.8 Å². The first-order valence-corrected chi connectivity index (χ1v) is 8.09. The van der Waals surface area contributed by atoms with Gasteiger partial charge in [-0.05, 0) is 0 Å². The minimum absolute atomic E-state index is 0.174. The van der Waals surface area contributed by atoms with E-state index in [1.165, 1.54) is 16.7 Å². The molecule has 0 unspecified atom stereocenters. The number of benzene rings is 2. The molecule has 0 spiro atoms. The summed E-state index contributed by atoms with van der Waals surface area (Å²) in [6, 6.07) is 15.7. The van der Waals surface area contributed by atoms with Crippen LogP contribution < -0.4 is 4.28 Å². The number of hydrogen-bond acceptors (Lipinski definition) is 0. The summed E-state index contributed by atoms with van der Waals surface area (Å²) < 4.78 is 3.22. The van der Waals surface area contributed by atoms with E-state index in [0.717, 1.165) is 12.8 Å². The molecular weight excluding hydrogens is 267 g/mol. The Morgan fingerprint density at radius 3 is 2.68 bits per heavy atom. The van der Waals surface area contributed by atoms with E-state index in [9.17, 15) is 0 Å². The van der Waals surface area contributed by atoms with Gasteiger partial charge in [-0.1, -0.05) is 0 Å². The first-order chi connectivity index (χ1) is 9.42. The van der Waals surface area contributed by atoms with Gasteiger partial charge in [0.25, 0.3) is 0 Å². The van der Waals surface area contributed by atoms with Gasteiger partial charge in [-0.25, -0.2) is 0 Å². The molecule has 0 bridgehead atoms. The topological polar surface area (TPSA) is 0 Å². The predicted octanol–water partition coefficient (Wildman–Crippen LogP) is 3.81. The van der Waals surface area contributed by atoms with Crippen molar-refractivity contribution in [2.24, 2.45) is 0 Å². The first-order valence-electron chi connectivity index (χ1n) is 6.69. The summed E-state index contributed by atoms with van der Waals surface area (Å²) >= 11 is 0.174. The Morgan fingerprint density at radius 2 is 1.79 bits per heavy atom. The Balaban J connectivity index is 1.76. The van der Waals surface area contributed by atoms with Gasteiger partial charge in [0.2, 0.25) is 0 Å². The second-order valence-electron chi connectivity index (χ2n) is 5.04. The molecule has 2 aliphatic rings. The van der Waals surface area contributed by atoms with Crippen molar-refractivity contribution >= 4 is 4.28 Å². The summed E-state index contributed by atoms with van der Waals surface area (Å²) in [5, 5.41) is 0. The number of hydrogen-bond donors (Lipinski definition) is 0. The molecule has 4 rings (SSSR count). The molecule has 0 saturated heterocycles. The molecule has 0 nitrogen and oxygen atoms in total. The van der Waals surface area contributed by atoms with Crippen LogP contribution in [0.15, 0.2) is 65.0 Å². The monoisotopic (exact) mass is 281 g/mol. The summed E-state index contributed by atoms with van der Waals surface area (Å²) in [5.74, 6) is 0. The molecule has 0 heterocycles. The Kier molecular flexibility index (Phi) is 2.72. The van der Waals surface area contributed by atoms with Gasteiger partial charge in [0.05, 0.1) is 0 Å². The van der Waals surface area contributed by atoms with Crippen molar-refractivity contribution < 1.29 is 16.3 Å². The number of allylic oxidation sites excluding steroid dienone is 4. The van der Waals surface area contributed by atoms with Crippen molar-refractivity contribution in [1.82, 2.24) is 0 Å². The Morgan fingerprint density at radius 1 is 0.895 bits per heavy atom. The van der Waals surface area contributed by atoms with Crippen LogP contribution in [0.2, 0.25) is 0 Å². The molecule has 2 aromatic carbocycles. The van der Waals surface area contributed by atoms with Gasteiger partial charge in [0, 0.05) is 0 Å². The van der Waals surface area contributed by atoms with Crippen molar-refractivity contribution in [1.29, 1.82) is 0 Å². The molecule has 0 N–H and O–H groups in total. The van der Waals surface area contributed by atoms with Crippen LogP contribution in [0.3, 0.4) is 0 Å². The van der Waals surface area contributed by atoms with Crippen LogP contribution in [0, 0.1) is 0 Å². The van der Waals surface area contributed by atoms with Gasteiger partial charge in [-0.3, -0.25) is 0 Å². The van der Waals surface area contributed by atoms with Crippen LogP contribution in [0.4, 0.5) is 0 Å². The maximum absolute atomic E-state index is 2.34. The van der Waals surface area contributed by atoms with Crippen LogP contribution in [0.5, 0.6) is 0 Å². The molecule has 0 fully saturated rings. The van der Waals surface area contributed by atoms with Crippen molar-refractivity contribution in [3.8, 4) is 11.1 Å². The molecule has 2 aliphatic carbocycles. The van der Waals surface area contributed by atoms with Crippen LogP contribution in [0.1, 0.15) is 17.5 Å². The summed E-state index contributed by atoms with van der Waals surface area (Å²) in [5.41, 5.74) is 5.98. The second kappa shape index (κ2) is 4.56. The quantitative estimate of drug-likeness (QED) is 0.670. The standard InChI is InChI=1S/C13H9.C5H5.V/c1-3-7-12-10(5-1)9-11-6-2-4-8-13(11)12;1-2-4-5-3-1;/h1-5,7-8H,9H2;1-3H,4H2;. The summed E-state index contributed by atoms with van der Waals surface area (Å²) in [6.45, 7) is 0. The molecule has 0 aromatic heterocycles. The van der Waals surface area contributed by atoms with E-state index in [1.54, 1.807) is 14.1 Å². The average Bonchev–Trinajstić information content (AvgIpc) is 3.06. The third kappa shape index (κ3) is 1.92. The fourth-order valence-electron chi connectivity index (χ4n) is 2.92. The van der Waals surface area contributed by atoms with Crippen molar-refractivity contribution in [3.05, 3.63) is 76.1 Å². The average molecular weight is 281 g/mol. The molecule has 19 heavy (non-hydrogen) atoms. The fourth-order valence-corrected chi connectivity index (χ4v) is 4.73. The van der Waals surface area contributed by atoms with Gasteiger partial charge in [-0.15, -0.1) is 0 Å². The van der Waals surface area contributed by atoms with E-state index in [-0.39, 0.29) is 16.3 Å². The van der Waals surface area contributed by atoms with Gasteiger partial charge in [-0.2, -0.15) is 0 Å². The normalized spacial score (nSPS) is 15.1. The van der Waals surface area contributed by atoms with E-state index >= 15 is 0 Å². The summed E-state index contributed by atoms with van der Waals surface area (Å²) in [4.78, 5) is 0. The maximum atomic E-state index is 2.34. The van der Waals surface area contributed by atoms with Crippen LogP contribution in [-0.2, 0) is 22.7 Å². The molecular formula is C18H14V. The predicted molar refractivity (Wildman–Crippen MR) is 76.2 cm³/mol. The third-order valence-corrected chi connectivity index (χ3v) is 5.84. The van der Waals surface area contributed by atoms with Gasteiger partial charge in [0.1, 0.15) is 0 Å².